The Bertz CT molecular complexity index is 1140. The van der Waals surface area contributed by atoms with E-state index in [9.17, 15) is 0 Å². The summed E-state index contributed by atoms with van der Waals surface area (Å²) in [7, 11) is 0. The van der Waals surface area contributed by atoms with Crippen LogP contribution >= 0.6 is 0 Å². The number of aryl methyl sites for hydroxylation is 1. The maximum Gasteiger partial charge on any atom is 0.0786 e. The van der Waals surface area contributed by atoms with Gasteiger partial charge in [-0.05, 0) is 53.1 Å². The van der Waals surface area contributed by atoms with Crippen LogP contribution in [0.1, 0.15) is 30.5 Å². The molecule has 0 N–H and O–H groups in total. The first-order valence-corrected chi connectivity index (χ1v) is 8.34. The van der Waals surface area contributed by atoms with Gasteiger partial charge in [-0.2, -0.15) is 0 Å². The number of nitrogens with zero attached hydrogens (tertiary/aromatic N) is 2. The normalized spacial score (nSPS) is 14.8. The smallest absolute Gasteiger partial charge is 0.0786 e. The van der Waals surface area contributed by atoms with E-state index in [4.69, 9.17) is 4.98 Å². The molecule has 0 aliphatic heterocycles. The summed E-state index contributed by atoms with van der Waals surface area (Å²) in [5, 5.41) is 4.98. The van der Waals surface area contributed by atoms with Crippen LogP contribution in [0, 0.1) is 6.92 Å². The molecule has 0 amide bonds. The Kier molecular flexibility index (Phi) is 2.52. The fraction of sp³-hybridized carbons (Fsp3) is 0.182. The molecule has 2 nitrogen and oxygen atoms in total. The molecule has 0 fully saturated rings. The fourth-order valence-electron chi connectivity index (χ4n) is 4.16. The van der Waals surface area contributed by atoms with Crippen molar-refractivity contribution in [2.24, 2.45) is 0 Å². The second kappa shape index (κ2) is 4.41. The number of hydrogen-bond donors (Lipinski definition) is 0. The van der Waals surface area contributed by atoms with Crippen molar-refractivity contribution < 1.29 is 0 Å². The number of pyridine rings is 2. The first-order valence-electron chi connectivity index (χ1n) is 8.34. The topological polar surface area (TPSA) is 25.8 Å². The molecule has 0 saturated heterocycles. The maximum atomic E-state index is 4.76. The van der Waals surface area contributed by atoms with Gasteiger partial charge >= 0.3 is 0 Å². The van der Waals surface area contributed by atoms with E-state index in [1.807, 2.05) is 18.6 Å². The van der Waals surface area contributed by atoms with Gasteiger partial charge in [-0.3, -0.25) is 9.97 Å². The molecule has 24 heavy (non-hydrogen) atoms. The quantitative estimate of drug-likeness (QED) is 0.435. The summed E-state index contributed by atoms with van der Waals surface area (Å²) in [5.41, 5.74) is 6.31. The predicted molar refractivity (Wildman–Crippen MR) is 99.3 cm³/mol. The molecule has 1 aliphatic carbocycles. The van der Waals surface area contributed by atoms with Crippen LogP contribution in [0.2, 0.25) is 0 Å². The standard InChI is InChI=1S/C22H18N2/c1-13-8-15-5-7-24-21-17-10-16-12-23-6-4-14(16)11-18(17)22(2,3)19(9-13)20(15)21/h4-12H,1-3H3. The lowest BCUT2D eigenvalue weighted by atomic mass is 9.69. The second-order valence-electron chi connectivity index (χ2n) is 7.32. The zero-order valence-corrected chi connectivity index (χ0v) is 14.1. The van der Waals surface area contributed by atoms with Crippen molar-refractivity contribution in [2.75, 3.05) is 0 Å². The van der Waals surface area contributed by atoms with E-state index in [1.54, 1.807) is 0 Å². The van der Waals surface area contributed by atoms with Crippen molar-refractivity contribution in [3.63, 3.8) is 0 Å². The molecule has 0 spiro atoms. The Hall–Kier alpha value is -2.74. The molecule has 4 aromatic rings. The van der Waals surface area contributed by atoms with Crippen molar-refractivity contribution in [3.05, 3.63) is 71.7 Å². The molecule has 0 atom stereocenters. The predicted octanol–water partition coefficient (Wildman–Crippen LogP) is 5.40. The van der Waals surface area contributed by atoms with E-state index in [2.05, 4.69) is 62.2 Å². The highest BCUT2D eigenvalue weighted by atomic mass is 14.7. The third kappa shape index (κ3) is 1.66. The highest BCUT2D eigenvalue weighted by Gasteiger charge is 2.34. The molecule has 0 radical (unpaired) electrons. The molecule has 2 aromatic heterocycles. The molecular formula is C22H18N2. The van der Waals surface area contributed by atoms with Gasteiger partial charge in [-0.15, -0.1) is 0 Å². The Morgan fingerprint density at radius 3 is 2.54 bits per heavy atom. The van der Waals surface area contributed by atoms with Crippen molar-refractivity contribution in [1.82, 2.24) is 9.97 Å². The monoisotopic (exact) mass is 310 g/mol. The van der Waals surface area contributed by atoms with Gasteiger partial charge < -0.3 is 0 Å². The van der Waals surface area contributed by atoms with Gasteiger partial charge in [0.1, 0.15) is 0 Å². The number of hydrogen-bond acceptors (Lipinski definition) is 2. The highest BCUT2D eigenvalue weighted by Crippen LogP contribution is 2.48. The first-order chi connectivity index (χ1) is 11.6. The van der Waals surface area contributed by atoms with Crippen LogP contribution < -0.4 is 0 Å². The van der Waals surface area contributed by atoms with Gasteiger partial charge in [-0.25, -0.2) is 0 Å². The lowest BCUT2D eigenvalue weighted by Gasteiger charge is -2.35. The van der Waals surface area contributed by atoms with E-state index < -0.39 is 0 Å². The number of rotatable bonds is 0. The Morgan fingerprint density at radius 2 is 1.67 bits per heavy atom. The summed E-state index contributed by atoms with van der Waals surface area (Å²) in [6, 6.07) is 13.4. The van der Waals surface area contributed by atoms with Crippen LogP contribution in [0.5, 0.6) is 0 Å². The Morgan fingerprint density at radius 1 is 0.833 bits per heavy atom. The number of fused-ring (bicyclic) bond motifs is 3. The van der Waals surface area contributed by atoms with E-state index in [1.165, 1.54) is 43.8 Å². The van der Waals surface area contributed by atoms with Crippen molar-refractivity contribution >= 4 is 21.5 Å². The number of benzene rings is 2. The third-order valence-electron chi connectivity index (χ3n) is 5.39. The summed E-state index contributed by atoms with van der Waals surface area (Å²) in [6.07, 6.45) is 5.73. The SMILES string of the molecule is Cc1cc2c3c(nccc3c1)-c1cc3cnccc3cc1C2(C)C. The average molecular weight is 310 g/mol. The van der Waals surface area contributed by atoms with Crippen LogP contribution in [-0.4, -0.2) is 9.97 Å². The molecule has 2 heteroatoms. The lowest BCUT2D eigenvalue weighted by Crippen LogP contribution is -2.24. The van der Waals surface area contributed by atoms with Crippen LogP contribution in [0.4, 0.5) is 0 Å². The highest BCUT2D eigenvalue weighted by molar-refractivity contribution is 6.04. The van der Waals surface area contributed by atoms with Crippen LogP contribution in [0.3, 0.4) is 0 Å². The van der Waals surface area contributed by atoms with Gasteiger partial charge in [-0.1, -0.05) is 31.5 Å². The maximum absolute atomic E-state index is 4.76. The molecule has 1 aliphatic rings. The summed E-state index contributed by atoms with van der Waals surface area (Å²) in [5.74, 6) is 0. The molecule has 2 heterocycles. The minimum Gasteiger partial charge on any atom is -0.264 e. The van der Waals surface area contributed by atoms with E-state index in [0.717, 1.165) is 5.69 Å². The zero-order chi connectivity index (χ0) is 16.5. The van der Waals surface area contributed by atoms with Gasteiger partial charge in [0.15, 0.2) is 0 Å². The van der Waals surface area contributed by atoms with Crippen molar-refractivity contribution in [1.29, 1.82) is 0 Å². The minimum absolute atomic E-state index is 0.0485. The van der Waals surface area contributed by atoms with E-state index >= 15 is 0 Å². The summed E-state index contributed by atoms with van der Waals surface area (Å²) >= 11 is 0. The average Bonchev–Trinajstić information content (AvgIpc) is 2.58. The third-order valence-corrected chi connectivity index (χ3v) is 5.39. The van der Waals surface area contributed by atoms with Crippen molar-refractivity contribution in [3.8, 4) is 11.3 Å². The van der Waals surface area contributed by atoms with E-state index in [0.29, 0.717) is 0 Å². The van der Waals surface area contributed by atoms with Gasteiger partial charge in [0, 0.05) is 40.3 Å². The fourth-order valence-corrected chi connectivity index (χ4v) is 4.16. The Labute approximate surface area is 141 Å². The van der Waals surface area contributed by atoms with Crippen LogP contribution in [0.25, 0.3) is 32.8 Å². The molecule has 2 aromatic carbocycles. The molecule has 0 saturated carbocycles. The molecule has 116 valence electrons. The van der Waals surface area contributed by atoms with Crippen LogP contribution in [0.15, 0.2) is 55.0 Å². The molecule has 0 unspecified atom stereocenters. The van der Waals surface area contributed by atoms with E-state index in [-0.39, 0.29) is 5.41 Å². The second-order valence-corrected chi connectivity index (χ2v) is 7.32. The number of aromatic nitrogens is 2. The van der Waals surface area contributed by atoms with Gasteiger partial charge in [0.05, 0.1) is 5.69 Å². The Balaban J connectivity index is 2.02. The molecular weight excluding hydrogens is 292 g/mol. The van der Waals surface area contributed by atoms with Gasteiger partial charge in [0.25, 0.3) is 0 Å². The minimum atomic E-state index is -0.0485. The summed E-state index contributed by atoms with van der Waals surface area (Å²) < 4.78 is 0. The van der Waals surface area contributed by atoms with Gasteiger partial charge in [0.2, 0.25) is 0 Å². The summed E-state index contributed by atoms with van der Waals surface area (Å²) in [6.45, 7) is 6.82. The first kappa shape index (κ1) is 13.7. The molecule has 0 bridgehead atoms. The summed E-state index contributed by atoms with van der Waals surface area (Å²) in [4.78, 5) is 9.04. The zero-order valence-electron chi connectivity index (χ0n) is 14.1. The van der Waals surface area contributed by atoms with Crippen LogP contribution in [-0.2, 0) is 5.41 Å². The van der Waals surface area contributed by atoms with Crippen molar-refractivity contribution in [2.45, 2.75) is 26.2 Å². The lowest BCUT2D eigenvalue weighted by molar-refractivity contribution is 0.644. The molecule has 5 rings (SSSR count). The largest absolute Gasteiger partial charge is 0.264 e.